The van der Waals surface area contributed by atoms with Crippen LogP contribution in [-0.4, -0.2) is 83.8 Å². The zero-order valence-electron chi connectivity index (χ0n) is 34.3. The quantitative estimate of drug-likeness (QED) is 0.0445. The number of anilines is 3. The number of hydrogen-bond acceptors (Lipinski definition) is 10. The van der Waals surface area contributed by atoms with Gasteiger partial charge in [0, 0.05) is 83.2 Å². The predicted octanol–water partition coefficient (Wildman–Crippen LogP) is 7.02. The van der Waals surface area contributed by atoms with E-state index < -0.39 is 10.1 Å². The Bertz CT molecular complexity index is 3060. The first-order valence-corrected chi connectivity index (χ1v) is 21.5. The summed E-state index contributed by atoms with van der Waals surface area (Å²) in [6.45, 7) is 3.47. The molecule has 6 aromatic rings. The van der Waals surface area contributed by atoms with E-state index >= 15 is 0 Å². The predicted molar refractivity (Wildman–Crippen MR) is 240 cm³/mol. The van der Waals surface area contributed by atoms with Gasteiger partial charge < -0.3 is 20.0 Å². The van der Waals surface area contributed by atoms with E-state index in [1.165, 1.54) is 0 Å². The summed E-state index contributed by atoms with van der Waals surface area (Å²) in [5.41, 5.74) is 9.28. The summed E-state index contributed by atoms with van der Waals surface area (Å²) < 4.78 is 42.1. The number of nitrogens with one attached hydrogen (secondary N) is 2. The Hall–Kier alpha value is -6.97. The lowest BCUT2D eigenvalue weighted by Crippen LogP contribution is -2.25. The molecule has 15 heteroatoms. The van der Waals surface area contributed by atoms with Crippen molar-refractivity contribution in [1.82, 2.24) is 34.9 Å². The van der Waals surface area contributed by atoms with E-state index in [0.717, 1.165) is 72.4 Å². The zero-order chi connectivity index (χ0) is 42.7. The molecule has 4 aromatic carbocycles. The number of carbonyl (C=O) groups excluding carboxylic acids is 1. The molecule has 0 saturated carbocycles. The van der Waals surface area contributed by atoms with E-state index in [1.807, 2.05) is 135 Å². The van der Waals surface area contributed by atoms with Gasteiger partial charge in [-0.05, 0) is 85.5 Å². The van der Waals surface area contributed by atoms with Crippen molar-refractivity contribution in [2.75, 3.05) is 50.2 Å². The maximum absolute atomic E-state index is 13.4. The Balaban J connectivity index is 0.942. The van der Waals surface area contributed by atoms with Gasteiger partial charge in [-0.2, -0.15) is 8.42 Å². The summed E-state index contributed by atoms with van der Waals surface area (Å²) in [4.78, 5) is 24.1. The maximum atomic E-state index is 13.4. The van der Waals surface area contributed by atoms with Crippen molar-refractivity contribution >= 4 is 55.1 Å². The van der Waals surface area contributed by atoms with Gasteiger partial charge in [-0.25, -0.2) is 14.5 Å². The van der Waals surface area contributed by atoms with Gasteiger partial charge >= 0.3 is 0 Å². The van der Waals surface area contributed by atoms with E-state index in [0.29, 0.717) is 43.0 Å². The SMILES string of the molecule is Cc1cc(C(=O)NCCCn2cc(-c3cccc(Nc4ncnc5ccccc45)c3)nn2)ccc1-c1c2ccc(=[N+](C)C)cc-2oc2cc(N(C)CCCS(=O)(=O)O)ccc12. The van der Waals surface area contributed by atoms with Gasteiger partial charge in [-0.15, -0.1) is 5.10 Å². The van der Waals surface area contributed by atoms with Crippen LogP contribution in [0.5, 0.6) is 0 Å². The van der Waals surface area contributed by atoms with E-state index in [-0.39, 0.29) is 18.1 Å². The van der Waals surface area contributed by atoms with Crippen LogP contribution in [0.3, 0.4) is 0 Å². The standard InChI is InChI=1S/C46H45N9O5S/c1-30-24-32(46(56)47-20-8-22-55-28-41(51-52-55)31-10-7-11-33(25-31)50-45-37-12-5-6-13-40(37)48-29-49-45)14-17-36(30)44-38-18-15-34(53(2)3)26-42(38)60-43-27-35(16-19-39(43)44)54(4)21-9-23-61(57,58)59/h5-7,10-19,24-29H,8-9,20-23H2,1-4H3,(H2-,47,48,49,50,56,57,58,59)/p+1. The number of aryl methyl sites for hydroxylation is 2. The molecule has 310 valence electrons. The molecule has 1 amide bonds. The Morgan fingerprint density at radius 1 is 0.902 bits per heavy atom. The summed E-state index contributed by atoms with van der Waals surface area (Å²) in [6.07, 6.45) is 4.39. The fraction of sp³-hybridized carbons (Fsp3) is 0.217. The van der Waals surface area contributed by atoms with Crippen molar-refractivity contribution in [3.8, 4) is 33.7 Å². The molecule has 2 aromatic heterocycles. The number of para-hydroxylation sites is 1. The Kier molecular flexibility index (Phi) is 11.6. The van der Waals surface area contributed by atoms with E-state index in [1.54, 1.807) is 11.0 Å². The molecule has 0 saturated heterocycles. The molecule has 3 heterocycles. The lowest BCUT2D eigenvalue weighted by atomic mass is 9.90. The second-order valence-corrected chi connectivity index (χ2v) is 16.8. The minimum atomic E-state index is -4.04. The Labute approximate surface area is 353 Å². The van der Waals surface area contributed by atoms with Crippen molar-refractivity contribution in [2.24, 2.45) is 0 Å². The van der Waals surface area contributed by atoms with Crippen LogP contribution in [0, 0.1) is 6.92 Å². The number of aromatic nitrogens is 5. The number of rotatable bonds is 14. The lowest BCUT2D eigenvalue weighted by molar-refractivity contribution is 0.0952. The van der Waals surface area contributed by atoms with Crippen molar-refractivity contribution < 1.29 is 22.2 Å². The molecule has 0 spiro atoms. The summed E-state index contributed by atoms with van der Waals surface area (Å²) in [5, 5.41) is 18.0. The molecular weight excluding hydrogens is 791 g/mol. The molecule has 61 heavy (non-hydrogen) atoms. The molecule has 1 aliphatic carbocycles. The number of amides is 1. The molecule has 2 aliphatic rings. The highest BCUT2D eigenvalue weighted by Crippen LogP contribution is 2.42. The second kappa shape index (κ2) is 17.3. The molecule has 0 bridgehead atoms. The van der Waals surface area contributed by atoms with Crippen molar-refractivity contribution in [2.45, 2.75) is 26.3 Å². The average Bonchev–Trinajstić information content (AvgIpc) is 3.73. The first kappa shape index (κ1) is 40.8. The molecule has 0 unspecified atom stereocenters. The Morgan fingerprint density at radius 2 is 1.74 bits per heavy atom. The summed E-state index contributed by atoms with van der Waals surface area (Å²) in [7, 11) is 1.79. The van der Waals surface area contributed by atoms with Gasteiger partial charge in [0.05, 0.1) is 23.5 Å². The lowest BCUT2D eigenvalue weighted by Gasteiger charge is -2.21. The minimum Gasteiger partial charge on any atom is -0.456 e. The van der Waals surface area contributed by atoms with Gasteiger partial charge in [0.25, 0.3) is 16.0 Å². The highest BCUT2D eigenvalue weighted by Gasteiger charge is 2.21. The highest BCUT2D eigenvalue weighted by molar-refractivity contribution is 7.85. The summed E-state index contributed by atoms with van der Waals surface area (Å²) in [5.74, 6) is 0.960. The normalized spacial score (nSPS) is 11.6. The summed E-state index contributed by atoms with van der Waals surface area (Å²) in [6, 6.07) is 33.6. The number of hydrogen-bond donors (Lipinski definition) is 3. The van der Waals surface area contributed by atoms with E-state index in [2.05, 4.69) is 43.0 Å². The fourth-order valence-electron chi connectivity index (χ4n) is 7.45. The van der Waals surface area contributed by atoms with Crippen LogP contribution in [0.2, 0.25) is 0 Å². The number of benzene rings is 5. The Morgan fingerprint density at radius 3 is 2.56 bits per heavy atom. The average molecular weight is 837 g/mol. The van der Waals surface area contributed by atoms with Crippen LogP contribution >= 0.6 is 0 Å². The van der Waals surface area contributed by atoms with Gasteiger partial charge in [0.2, 0.25) is 5.36 Å². The molecular formula is C46H46N9O5S+. The second-order valence-electron chi connectivity index (χ2n) is 15.2. The van der Waals surface area contributed by atoms with E-state index in [9.17, 15) is 17.8 Å². The van der Waals surface area contributed by atoms with Gasteiger partial charge in [-0.1, -0.05) is 35.5 Å². The topological polar surface area (TPSA) is 171 Å². The van der Waals surface area contributed by atoms with Crippen LogP contribution in [0.25, 0.3) is 55.6 Å². The molecule has 14 nitrogen and oxygen atoms in total. The van der Waals surface area contributed by atoms with Crippen LogP contribution < -0.4 is 25.5 Å². The number of carbonyl (C=O) groups is 1. The third-order valence-electron chi connectivity index (χ3n) is 10.7. The molecule has 8 rings (SSSR count). The van der Waals surface area contributed by atoms with Crippen molar-refractivity contribution in [1.29, 1.82) is 0 Å². The third kappa shape index (κ3) is 9.27. The number of fused-ring (bicyclic) bond motifs is 3. The first-order valence-electron chi connectivity index (χ1n) is 19.9. The van der Waals surface area contributed by atoms with E-state index in [4.69, 9.17) is 4.42 Å². The molecule has 0 atom stereocenters. The smallest absolute Gasteiger partial charge is 0.264 e. The fourth-order valence-corrected chi connectivity index (χ4v) is 7.95. The third-order valence-corrected chi connectivity index (χ3v) is 11.5. The first-order chi connectivity index (χ1) is 29.4. The van der Waals surface area contributed by atoms with Crippen molar-refractivity contribution in [3.63, 3.8) is 0 Å². The largest absolute Gasteiger partial charge is 0.456 e. The highest BCUT2D eigenvalue weighted by atomic mass is 32.2. The maximum Gasteiger partial charge on any atom is 0.264 e. The van der Waals surface area contributed by atoms with Crippen LogP contribution in [-0.2, 0) is 16.7 Å². The zero-order valence-corrected chi connectivity index (χ0v) is 35.1. The van der Waals surface area contributed by atoms with Crippen molar-refractivity contribution in [3.05, 3.63) is 132 Å². The molecule has 1 aliphatic heterocycles. The van der Waals surface area contributed by atoms with Crippen LogP contribution in [0.4, 0.5) is 17.2 Å². The number of nitrogens with zero attached hydrogens (tertiary/aromatic N) is 7. The minimum absolute atomic E-state index is 0.162. The van der Waals surface area contributed by atoms with Crippen LogP contribution in [0.15, 0.2) is 120 Å². The van der Waals surface area contributed by atoms with Crippen LogP contribution in [0.1, 0.15) is 28.8 Å². The monoisotopic (exact) mass is 836 g/mol. The van der Waals surface area contributed by atoms with Gasteiger partial charge in [-0.3, -0.25) is 14.0 Å². The van der Waals surface area contributed by atoms with Gasteiger partial charge in [0.15, 0.2) is 0 Å². The van der Waals surface area contributed by atoms with Gasteiger partial charge in [0.1, 0.15) is 43.3 Å². The molecule has 0 fully saturated rings. The summed E-state index contributed by atoms with van der Waals surface area (Å²) >= 11 is 0. The molecule has 0 radical (unpaired) electrons. The molecule has 3 N–H and O–H groups in total.